The number of hydrogen-bond donors (Lipinski definition) is 2. The summed E-state index contributed by atoms with van der Waals surface area (Å²) in [7, 11) is 0. The van der Waals surface area contributed by atoms with Crippen molar-refractivity contribution in [2.75, 3.05) is 13.2 Å². The molecule has 1 amide bonds. The van der Waals surface area contributed by atoms with Gasteiger partial charge in [-0.05, 0) is 18.8 Å². The quantitative estimate of drug-likeness (QED) is 0.735. The molecule has 0 aromatic carbocycles. The number of nitrogens with one attached hydrogen (secondary N) is 1. The zero-order valence-electron chi connectivity index (χ0n) is 10.5. The Hall–Kier alpha value is -0.610. The van der Waals surface area contributed by atoms with Crippen molar-refractivity contribution < 1.29 is 9.53 Å². The molecule has 0 spiro atoms. The van der Waals surface area contributed by atoms with Gasteiger partial charge in [-0.3, -0.25) is 4.79 Å². The normalized spacial score (nSPS) is 27.1. The molecule has 0 aromatic heterocycles. The van der Waals surface area contributed by atoms with E-state index in [2.05, 4.69) is 12.2 Å². The zero-order chi connectivity index (χ0) is 12.1. The van der Waals surface area contributed by atoms with Crippen molar-refractivity contribution in [1.82, 2.24) is 5.32 Å². The van der Waals surface area contributed by atoms with Crippen LogP contribution in [-0.2, 0) is 9.53 Å². The molecule has 0 bridgehead atoms. The van der Waals surface area contributed by atoms with Gasteiger partial charge in [-0.1, -0.05) is 20.8 Å². The van der Waals surface area contributed by atoms with Gasteiger partial charge in [0.05, 0.1) is 12.1 Å². The molecule has 1 heterocycles. The van der Waals surface area contributed by atoms with Gasteiger partial charge in [-0.2, -0.15) is 0 Å². The smallest absolute Gasteiger partial charge is 0.237 e. The van der Waals surface area contributed by atoms with Crippen molar-refractivity contribution in [3.05, 3.63) is 0 Å². The summed E-state index contributed by atoms with van der Waals surface area (Å²) in [6.07, 6.45) is 2.35. The second kappa shape index (κ2) is 6.21. The maximum Gasteiger partial charge on any atom is 0.237 e. The van der Waals surface area contributed by atoms with Crippen LogP contribution in [0, 0.1) is 11.8 Å². The van der Waals surface area contributed by atoms with Crippen molar-refractivity contribution in [2.45, 2.75) is 45.8 Å². The van der Waals surface area contributed by atoms with Crippen LogP contribution in [0.3, 0.4) is 0 Å². The van der Waals surface area contributed by atoms with Crippen molar-refractivity contribution in [3.8, 4) is 0 Å². The fourth-order valence-electron chi connectivity index (χ4n) is 2.03. The minimum absolute atomic E-state index is 0.0447. The fourth-order valence-corrected chi connectivity index (χ4v) is 2.03. The SMILES string of the molecule is CCC1OCCC1CNC(=O)[C@@H](N)C(C)C. The Kier molecular flexibility index (Phi) is 5.22. The molecule has 1 rings (SSSR count). The average molecular weight is 228 g/mol. The Morgan fingerprint density at radius 2 is 2.25 bits per heavy atom. The predicted molar refractivity (Wildman–Crippen MR) is 64.0 cm³/mol. The Labute approximate surface area is 97.9 Å². The highest BCUT2D eigenvalue weighted by atomic mass is 16.5. The largest absolute Gasteiger partial charge is 0.378 e. The van der Waals surface area contributed by atoms with Gasteiger partial charge in [0, 0.05) is 19.1 Å². The van der Waals surface area contributed by atoms with Crippen LogP contribution in [-0.4, -0.2) is 31.2 Å². The fraction of sp³-hybridized carbons (Fsp3) is 0.917. The molecule has 3 N–H and O–H groups in total. The van der Waals surface area contributed by atoms with E-state index in [1.807, 2.05) is 13.8 Å². The number of ether oxygens (including phenoxy) is 1. The summed E-state index contributed by atoms with van der Waals surface area (Å²) in [5.41, 5.74) is 5.77. The Morgan fingerprint density at radius 1 is 1.56 bits per heavy atom. The van der Waals surface area contributed by atoms with E-state index in [9.17, 15) is 4.79 Å². The van der Waals surface area contributed by atoms with Crippen LogP contribution in [0.1, 0.15) is 33.6 Å². The van der Waals surface area contributed by atoms with Crippen LogP contribution in [0.4, 0.5) is 0 Å². The van der Waals surface area contributed by atoms with E-state index in [1.165, 1.54) is 0 Å². The molecule has 1 fully saturated rings. The van der Waals surface area contributed by atoms with E-state index in [-0.39, 0.29) is 11.8 Å². The predicted octanol–water partition coefficient (Wildman–Crippen LogP) is 0.901. The van der Waals surface area contributed by atoms with Crippen molar-refractivity contribution in [1.29, 1.82) is 0 Å². The molecule has 0 saturated carbocycles. The number of amides is 1. The standard InChI is InChI=1S/C12H24N2O2/c1-4-10-9(5-6-16-10)7-14-12(15)11(13)8(2)3/h8-11H,4-7,13H2,1-3H3,(H,14,15)/t9?,10?,11-/m0/s1. The molecule has 0 aliphatic carbocycles. The molecule has 4 heteroatoms. The molecule has 1 aliphatic rings. The summed E-state index contributed by atoms with van der Waals surface area (Å²) >= 11 is 0. The summed E-state index contributed by atoms with van der Waals surface area (Å²) in [5, 5.41) is 2.93. The molecular weight excluding hydrogens is 204 g/mol. The van der Waals surface area contributed by atoms with Gasteiger partial charge in [0.1, 0.15) is 0 Å². The van der Waals surface area contributed by atoms with E-state index in [0.29, 0.717) is 18.6 Å². The van der Waals surface area contributed by atoms with Crippen LogP contribution in [0.25, 0.3) is 0 Å². The molecule has 94 valence electrons. The first kappa shape index (κ1) is 13.5. The highest BCUT2D eigenvalue weighted by Gasteiger charge is 2.27. The first-order chi connectivity index (χ1) is 7.56. The number of carbonyl (C=O) groups is 1. The monoisotopic (exact) mass is 228 g/mol. The number of nitrogens with two attached hydrogens (primary N) is 1. The number of carbonyl (C=O) groups excluding carboxylic acids is 1. The topological polar surface area (TPSA) is 64.3 Å². The first-order valence-electron chi connectivity index (χ1n) is 6.21. The lowest BCUT2D eigenvalue weighted by Gasteiger charge is -2.20. The van der Waals surface area contributed by atoms with Gasteiger partial charge in [-0.15, -0.1) is 0 Å². The number of hydrogen-bond acceptors (Lipinski definition) is 3. The van der Waals surface area contributed by atoms with Gasteiger partial charge in [0.15, 0.2) is 0 Å². The molecule has 1 aliphatic heterocycles. The Bertz CT molecular complexity index is 231. The van der Waals surface area contributed by atoms with Crippen molar-refractivity contribution >= 4 is 5.91 Å². The van der Waals surface area contributed by atoms with Gasteiger partial charge < -0.3 is 15.8 Å². The summed E-state index contributed by atoms with van der Waals surface area (Å²) in [5.74, 6) is 0.590. The van der Waals surface area contributed by atoms with Gasteiger partial charge in [-0.25, -0.2) is 0 Å². The highest BCUT2D eigenvalue weighted by Crippen LogP contribution is 2.22. The lowest BCUT2D eigenvalue weighted by atomic mass is 9.99. The van der Waals surface area contributed by atoms with Crippen LogP contribution < -0.4 is 11.1 Å². The third kappa shape index (κ3) is 3.46. The third-order valence-electron chi connectivity index (χ3n) is 3.31. The molecule has 2 unspecified atom stereocenters. The van der Waals surface area contributed by atoms with E-state index >= 15 is 0 Å². The molecule has 0 aromatic rings. The second-order valence-electron chi connectivity index (χ2n) is 4.88. The van der Waals surface area contributed by atoms with Crippen molar-refractivity contribution in [2.24, 2.45) is 17.6 Å². The molecule has 0 radical (unpaired) electrons. The third-order valence-corrected chi connectivity index (χ3v) is 3.31. The lowest BCUT2D eigenvalue weighted by Crippen LogP contribution is -2.46. The number of rotatable bonds is 5. The Balaban J connectivity index is 2.31. The molecular formula is C12H24N2O2. The molecule has 1 saturated heterocycles. The van der Waals surface area contributed by atoms with E-state index in [0.717, 1.165) is 19.4 Å². The zero-order valence-corrected chi connectivity index (χ0v) is 10.5. The highest BCUT2D eigenvalue weighted by molar-refractivity contribution is 5.81. The summed E-state index contributed by atoms with van der Waals surface area (Å²) in [6, 6.07) is -0.401. The van der Waals surface area contributed by atoms with E-state index in [1.54, 1.807) is 0 Å². The Morgan fingerprint density at radius 3 is 2.81 bits per heavy atom. The van der Waals surface area contributed by atoms with E-state index in [4.69, 9.17) is 10.5 Å². The molecule has 3 atom stereocenters. The summed E-state index contributed by atoms with van der Waals surface area (Å²) in [6.45, 7) is 7.53. The van der Waals surface area contributed by atoms with Crippen LogP contribution in [0.2, 0.25) is 0 Å². The first-order valence-corrected chi connectivity index (χ1v) is 6.21. The molecule has 4 nitrogen and oxygen atoms in total. The lowest BCUT2D eigenvalue weighted by molar-refractivity contribution is -0.123. The minimum atomic E-state index is -0.401. The summed E-state index contributed by atoms with van der Waals surface area (Å²) < 4.78 is 5.57. The average Bonchev–Trinajstić information content (AvgIpc) is 2.71. The maximum absolute atomic E-state index is 11.7. The van der Waals surface area contributed by atoms with Crippen LogP contribution in [0.5, 0.6) is 0 Å². The second-order valence-corrected chi connectivity index (χ2v) is 4.88. The van der Waals surface area contributed by atoms with Gasteiger partial charge in [0.2, 0.25) is 5.91 Å². The summed E-state index contributed by atoms with van der Waals surface area (Å²) in [4.78, 5) is 11.7. The maximum atomic E-state index is 11.7. The van der Waals surface area contributed by atoms with Gasteiger partial charge in [0.25, 0.3) is 0 Å². The van der Waals surface area contributed by atoms with Gasteiger partial charge >= 0.3 is 0 Å². The van der Waals surface area contributed by atoms with Crippen molar-refractivity contribution in [3.63, 3.8) is 0 Å². The minimum Gasteiger partial charge on any atom is -0.378 e. The van der Waals surface area contributed by atoms with E-state index < -0.39 is 6.04 Å². The van der Waals surface area contributed by atoms with Crippen LogP contribution in [0.15, 0.2) is 0 Å². The van der Waals surface area contributed by atoms with Crippen LogP contribution >= 0.6 is 0 Å². The molecule has 16 heavy (non-hydrogen) atoms.